The van der Waals surface area contributed by atoms with Gasteiger partial charge in [-0.25, -0.2) is 0 Å². The number of carbonyl (C=O) groups is 1. The lowest BCUT2D eigenvalue weighted by Crippen LogP contribution is -2.38. The minimum Gasteiger partial charge on any atom is -0.342 e. The fraction of sp³-hybridized carbons (Fsp3) is 0.500. The normalized spacial score (nSPS) is 15.7. The minimum absolute atomic E-state index is 0.198. The molecule has 0 spiro atoms. The zero-order valence-electron chi connectivity index (χ0n) is 14.5. The zero-order valence-corrected chi connectivity index (χ0v) is 15.3. The SMILES string of the molecule is Cc1cccc(-n2c(C)nnc2SCC(=O)N2CCC(C)CC2)c1. The second kappa shape index (κ2) is 7.38. The molecule has 2 heterocycles. The van der Waals surface area contributed by atoms with Crippen molar-refractivity contribution in [3.8, 4) is 5.69 Å². The standard InChI is InChI=1S/C18H24N4OS/c1-13-7-9-21(10-8-13)17(23)12-24-18-20-19-15(3)22(18)16-6-4-5-14(2)11-16/h4-6,11,13H,7-10,12H2,1-3H3. The number of aromatic nitrogens is 3. The Kier molecular flexibility index (Phi) is 5.23. The summed E-state index contributed by atoms with van der Waals surface area (Å²) >= 11 is 1.47. The van der Waals surface area contributed by atoms with Crippen LogP contribution in [0.2, 0.25) is 0 Å². The third-order valence-corrected chi connectivity index (χ3v) is 5.43. The maximum atomic E-state index is 12.4. The first-order chi connectivity index (χ1) is 11.5. The fourth-order valence-corrected chi connectivity index (χ4v) is 3.88. The van der Waals surface area contributed by atoms with Crippen molar-refractivity contribution in [3.63, 3.8) is 0 Å². The maximum absolute atomic E-state index is 12.4. The Morgan fingerprint density at radius 3 is 2.71 bits per heavy atom. The molecule has 3 rings (SSSR count). The van der Waals surface area contributed by atoms with E-state index in [4.69, 9.17) is 0 Å². The predicted octanol–water partition coefficient (Wildman–Crippen LogP) is 3.23. The van der Waals surface area contributed by atoms with E-state index in [2.05, 4.69) is 36.2 Å². The zero-order chi connectivity index (χ0) is 17.1. The number of nitrogens with zero attached hydrogens (tertiary/aromatic N) is 4. The van der Waals surface area contributed by atoms with E-state index in [9.17, 15) is 4.79 Å². The van der Waals surface area contributed by atoms with Crippen LogP contribution in [0.3, 0.4) is 0 Å². The van der Waals surface area contributed by atoms with Crippen LogP contribution in [0.5, 0.6) is 0 Å². The number of carbonyl (C=O) groups excluding carboxylic acids is 1. The van der Waals surface area contributed by atoms with Crippen molar-refractivity contribution < 1.29 is 4.79 Å². The molecule has 1 aliphatic rings. The number of rotatable bonds is 4. The molecular formula is C18H24N4OS. The first-order valence-electron chi connectivity index (χ1n) is 8.44. The second-order valence-corrected chi connectivity index (χ2v) is 7.50. The Bertz CT molecular complexity index is 720. The Labute approximate surface area is 147 Å². The summed E-state index contributed by atoms with van der Waals surface area (Å²) in [5, 5.41) is 9.22. The third-order valence-electron chi connectivity index (χ3n) is 4.52. The summed E-state index contributed by atoms with van der Waals surface area (Å²) in [4.78, 5) is 14.4. The van der Waals surface area contributed by atoms with Crippen LogP contribution in [-0.4, -0.2) is 44.4 Å². The van der Waals surface area contributed by atoms with E-state index in [1.54, 1.807) is 0 Å². The van der Waals surface area contributed by atoms with Crippen molar-refractivity contribution in [2.45, 2.75) is 38.8 Å². The molecule has 5 nitrogen and oxygen atoms in total. The maximum Gasteiger partial charge on any atom is 0.233 e. The van der Waals surface area contributed by atoms with Gasteiger partial charge in [0.2, 0.25) is 5.91 Å². The summed E-state index contributed by atoms with van der Waals surface area (Å²) in [5.41, 5.74) is 2.23. The smallest absolute Gasteiger partial charge is 0.233 e. The van der Waals surface area contributed by atoms with Gasteiger partial charge in [-0.2, -0.15) is 0 Å². The third kappa shape index (κ3) is 3.80. The number of hydrogen-bond donors (Lipinski definition) is 0. The molecule has 0 saturated carbocycles. The van der Waals surface area contributed by atoms with E-state index in [1.807, 2.05) is 28.5 Å². The van der Waals surface area contributed by atoms with Gasteiger partial charge in [0.1, 0.15) is 5.82 Å². The Morgan fingerprint density at radius 2 is 2.00 bits per heavy atom. The molecule has 1 aliphatic heterocycles. The molecule has 1 aromatic carbocycles. The fourth-order valence-electron chi connectivity index (χ4n) is 2.98. The van der Waals surface area contributed by atoms with Crippen molar-refractivity contribution in [2.24, 2.45) is 5.92 Å². The summed E-state index contributed by atoms with van der Waals surface area (Å²) in [6, 6.07) is 8.24. The Morgan fingerprint density at radius 1 is 1.25 bits per heavy atom. The molecule has 24 heavy (non-hydrogen) atoms. The number of benzene rings is 1. The van der Waals surface area contributed by atoms with Crippen molar-refractivity contribution in [1.29, 1.82) is 0 Å². The first kappa shape index (κ1) is 17.0. The van der Waals surface area contributed by atoms with Gasteiger partial charge in [-0.05, 0) is 50.3 Å². The quantitative estimate of drug-likeness (QED) is 0.799. The molecule has 0 radical (unpaired) electrons. The number of aryl methyl sites for hydroxylation is 2. The number of likely N-dealkylation sites (tertiary alicyclic amines) is 1. The summed E-state index contributed by atoms with van der Waals surface area (Å²) in [5.74, 6) is 2.18. The van der Waals surface area contributed by atoms with Crippen LogP contribution in [0.25, 0.3) is 5.69 Å². The monoisotopic (exact) mass is 344 g/mol. The van der Waals surface area contributed by atoms with Gasteiger partial charge in [0.05, 0.1) is 5.75 Å². The molecule has 1 saturated heterocycles. The number of amides is 1. The Hall–Kier alpha value is -1.82. The van der Waals surface area contributed by atoms with E-state index in [0.717, 1.165) is 48.5 Å². The van der Waals surface area contributed by atoms with Crippen molar-refractivity contribution in [2.75, 3.05) is 18.8 Å². The molecule has 0 unspecified atom stereocenters. The minimum atomic E-state index is 0.198. The van der Waals surface area contributed by atoms with Gasteiger partial charge in [-0.15, -0.1) is 10.2 Å². The highest BCUT2D eigenvalue weighted by Gasteiger charge is 2.21. The van der Waals surface area contributed by atoms with Crippen molar-refractivity contribution in [3.05, 3.63) is 35.7 Å². The summed E-state index contributed by atoms with van der Waals surface area (Å²) in [6.45, 7) is 8.02. The van der Waals surface area contributed by atoms with E-state index < -0.39 is 0 Å². The largest absolute Gasteiger partial charge is 0.342 e. The average Bonchev–Trinajstić information content (AvgIpc) is 2.94. The molecule has 6 heteroatoms. The van der Waals surface area contributed by atoms with Gasteiger partial charge < -0.3 is 4.90 Å². The summed E-state index contributed by atoms with van der Waals surface area (Å²) in [6.07, 6.45) is 2.21. The lowest BCUT2D eigenvalue weighted by atomic mass is 9.99. The van der Waals surface area contributed by atoms with Crippen molar-refractivity contribution >= 4 is 17.7 Å². The van der Waals surface area contributed by atoms with E-state index >= 15 is 0 Å². The number of hydrogen-bond acceptors (Lipinski definition) is 4. The van der Waals surface area contributed by atoms with Gasteiger partial charge in [0.15, 0.2) is 5.16 Å². The highest BCUT2D eigenvalue weighted by Crippen LogP contribution is 2.23. The molecule has 2 aromatic rings. The van der Waals surface area contributed by atoms with Gasteiger partial charge in [-0.1, -0.05) is 30.8 Å². The van der Waals surface area contributed by atoms with Crippen LogP contribution in [0.4, 0.5) is 0 Å². The second-order valence-electron chi connectivity index (χ2n) is 6.56. The topological polar surface area (TPSA) is 51.0 Å². The molecule has 128 valence electrons. The number of piperidine rings is 1. The van der Waals surface area contributed by atoms with Crippen LogP contribution in [0.1, 0.15) is 31.2 Å². The lowest BCUT2D eigenvalue weighted by molar-refractivity contribution is -0.129. The molecule has 0 atom stereocenters. The van der Waals surface area contributed by atoms with E-state index in [-0.39, 0.29) is 5.91 Å². The average molecular weight is 344 g/mol. The molecular weight excluding hydrogens is 320 g/mol. The molecule has 0 N–H and O–H groups in total. The molecule has 1 amide bonds. The number of thioether (sulfide) groups is 1. The van der Waals surface area contributed by atoms with Crippen molar-refractivity contribution in [1.82, 2.24) is 19.7 Å². The predicted molar refractivity (Wildman–Crippen MR) is 96.5 cm³/mol. The van der Waals surface area contributed by atoms with Crippen LogP contribution in [0, 0.1) is 19.8 Å². The lowest BCUT2D eigenvalue weighted by Gasteiger charge is -2.30. The molecule has 1 fully saturated rings. The van der Waals surface area contributed by atoms with Crippen LogP contribution >= 0.6 is 11.8 Å². The van der Waals surface area contributed by atoms with Crippen LogP contribution in [0.15, 0.2) is 29.4 Å². The van der Waals surface area contributed by atoms with Gasteiger partial charge in [-0.3, -0.25) is 9.36 Å². The highest BCUT2D eigenvalue weighted by molar-refractivity contribution is 7.99. The van der Waals surface area contributed by atoms with Crippen LogP contribution < -0.4 is 0 Å². The van der Waals surface area contributed by atoms with Crippen LogP contribution in [-0.2, 0) is 4.79 Å². The summed E-state index contributed by atoms with van der Waals surface area (Å²) in [7, 11) is 0. The summed E-state index contributed by atoms with van der Waals surface area (Å²) < 4.78 is 2.02. The van der Waals surface area contributed by atoms with Gasteiger partial charge >= 0.3 is 0 Å². The van der Waals surface area contributed by atoms with E-state index in [1.165, 1.54) is 17.3 Å². The molecule has 0 aliphatic carbocycles. The first-order valence-corrected chi connectivity index (χ1v) is 9.43. The van der Waals surface area contributed by atoms with Gasteiger partial charge in [0.25, 0.3) is 0 Å². The molecule has 1 aromatic heterocycles. The molecule has 0 bridgehead atoms. The van der Waals surface area contributed by atoms with E-state index in [0.29, 0.717) is 5.75 Å². The highest BCUT2D eigenvalue weighted by atomic mass is 32.2. The Balaban J connectivity index is 1.69. The van der Waals surface area contributed by atoms with Gasteiger partial charge in [0, 0.05) is 18.8 Å².